The van der Waals surface area contributed by atoms with Gasteiger partial charge in [0.05, 0.1) is 12.8 Å². The van der Waals surface area contributed by atoms with E-state index in [1.54, 1.807) is 6.92 Å². The molecule has 0 spiro atoms. The Morgan fingerprint density at radius 3 is 2.64 bits per heavy atom. The van der Waals surface area contributed by atoms with Crippen molar-refractivity contribution < 1.29 is 17.9 Å². The van der Waals surface area contributed by atoms with Gasteiger partial charge in [-0.05, 0) is 18.9 Å². The highest BCUT2D eigenvalue weighted by Crippen LogP contribution is 2.19. The van der Waals surface area contributed by atoms with Crippen LogP contribution in [0.15, 0.2) is 41.6 Å². The van der Waals surface area contributed by atoms with Gasteiger partial charge in [-0.2, -0.15) is 9.40 Å². The van der Waals surface area contributed by atoms with Gasteiger partial charge in [0.1, 0.15) is 5.56 Å². The van der Waals surface area contributed by atoms with Crippen LogP contribution in [-0.2, 0) is 21.2 Å². The molecule has 2 rings (SSSR count). The van der Waals surface area contributed by atoms with Crippen molar-refractivity contribution in [3.8, 4) is 0 Å². The predicted molar refractivity (Wildman–Crippen MR) is 92.5 cm³/mol. The summed E-state index contributed by atoms with van der Waals surface area (Å²) in [5.41, 5.74) is 6.47. The number of nitrogens with zero attached hydrogens (tertiary/aromatic N) is 2. The van der Waals surface area contributed by atoms with Crippen molar-refractivity contribution in [3.05, 3.63) is 47.7 Å². The van der Waals surface area contributed by atoms with E-state index in [2.05, 4.69) is 10.2 Å². The highest BCUT2D eigenvalue weighted by Gasteiger charge is 2.31. The van der Waals surface area contributed by atoms with Crippen molar-refractivity contribution in [2.24, 2.45) is 5.73 Å². The summed E-state index contributed by atoms with van der Waals surface area (Å²) in [5.74, 6) is -0.731. The zero-order chi connectivity index (χ0) is 18.3. The van der Waals surface area contributed by atoms with E-state index in [4.69, 9.17) is 10.5 Å². The Labute approximate surface area is 147 Å². The summed E-state index contributed by atoms with van der Waals surface area (Å²) in [7, 11) is -3.95. The number of aromatic nitrogens is 2. The molecule has 0 radical (unpaired) electrons. The molecule has 25 heavy (non-hydrogen) atoms. The van der Waals surface area contributed by atoms with Crippen LogP contribution in [0.1, 0.15) is 22.8 Å². The minimum absolute atomic E-state index is 0.108. The number of ether oxygens (including phenoxy) is 1. The van der Waals surface area contributed by atoms with Crippen molar-refractivity contribution in [1.82, 2.24) is 14.5 Å². The monoisotopic (exact) mass is 366 g/mol. The number of carbonyl (C=O) groups excluding carboxylic acids is 1. The quantitative estimate of drug-likeness (QED) is 0.633. The largest absolute Gasteiger partial charge is 0.462 e. The van der Waals surface area contributed by atoms with Crippen molar-refractivity contribution in [1.29, 1.82) is 0 Å². The third kappa shape index (κ3) is 4.65. The summed E-state index contributed by atoms with van der Waals surface area (Å²) in [4.78, 5) is 11.9. The van der Waals surface area contributed by atoms with Gasteiger partial charge in [0.2, 0.25) is 0 Å². The maximum atomic E-state index is 12.9. The smallest absolute Gasteiger partial charge is 0.342 e. The Morgan fingerprint density at radius 1 is 1.28 bits per heavy atom. The van der Waals surface area contributed by atoms with Crippen molar-refractivity contribution >= 4 is 16.0 Å². The summed E-state index contributed by atoms with van der Waals surface area (Å²) in [6.45, 7) is 2.33. The predicted octanol–water partition coefficient (Wildman–Crippen LogP) is 0.779. The van der Waals surface area contributed by atoms with Gasteiger partial charge in [-0.25, -0.2) is 13.2 Å². The standard InChI is InChI=1S/C16H22N4O4S/c1-2-24-16(21)14-12-18-19-15(14)25(22,23)20(11-9-17)10-8-13-6-4-3-5-7-13/h3-7,12H,2,8-11,17H2,1H3,(H,18,19). The minimum Gasteiger partial charge on any atom is -0.462 e. The lowest BCUT2D eigenvalue weighted by atomic mass is 10.1. The van der Waals surface area contributed by atoms with Gasteiger partial charge in [-0.3, -0.25) is 5.10 Å². The van der Waals surface area contributed by atoms with E-state index in [0.717, 1.165) is 11.8 Å². The fourth-order valence-electron chi connectivity index (χ4n) is 2.35. The molecule has 0 unspecified atom stereocenters. The number of benzene rings is 1. The Morgan fingerprint density at radius 2 is 2.00 bits per heavy atom. The van der Waals surface area contributed by atoms with Gasteiger partial charge in [0.15, 0.2) is 5.03 Å². The average molecular weight is 366 g/mol. The molecule has 136 valence electrons. The second-order valence-electron chi connectivity index (χ2n) is 5.26. The zero-order valence-electron chi connectivity index (χ0n) is 14.0. The normalized spacial score (nSPS) is 11.6. The van der Waals surface area contributed by atoms with E-state index in [-0.39, 0.29) is 36.8 Å². The Hall–Kier alpha value is -2.23. The average Bonchev–Trinajstić information content (AvgIpc) is 3.10. The first kappa shape index (κ1) is 19.1. The number of carbonyl (C=O) groups is 1. The molecule has 9 heteroatoms. The van der Waals surface area contributed by atoms with E-state index < -0.39 is 16.0 Å². The molecule has 1 aromatic heterocycles. The number of nitrogens with two attached hydrogens (primary N) is 1. The number of H-pyrrole nitrogens is 1. The van der Waals surface area contributed by atoms with Crippen molar-refractivity contribution in [2.45, 2.75) is 18.4 Å². The van der Waals surface area contributed by atoms with Gasteiger partial charge in [0, 0.05) is 19.6 Å². The molecule has 0 fully saturated rings. The molecular formula is C16H22N4O4S. The topological polar surface area (TPSA) is 118 Å². The molecule has 1 aromatic carbocycles. The summed E-state index contributed by atoms with van der Waals surface area (Å²) in [6, 6.07) is 9.53. The fourth-order valence-corrected chi connectivity index (χ4v) is 3.87. The van der Waals surface area contributed by atoms with Gasteiger partial charge in [-0.1, -0.05) is 30.3 Å². The summed E-state index contributed by atoms with van der Waals surface area (Å²) < 4.78 is 32.0. The first-order valence-corrected chi connectivity index (χ1v) is 9.39. The molecule has 0 amide bonds. The first-order valence-electron chi connectivity index (χ1n) is 7.95. The number of nitrogens with one attached hydrogen (secondary N) is 1. The van der Waals surface area contributed by atoms with E-state index in [1.165, 1.54) is 4.31 Å². The third-order valence-electron chi connectivity index (χ3n) is 3.57. The zero-order valence-corrected chi connectivity index (χ0v) is 14.8. The molecule has 0 aliphatic heterocycles. The number of rotatable bonds is 9. The third-order valence-corrected chi connectivity index (χ3v) is 5.44. The van der Waals surface area contributed by atoms with Gasteiger partial charge in [-0.15, -0.1) is 0 Å². The molecule has 0 aliphatic rings. The molecule has 2 aromatic rings. The van der Waals surface area contributed by atoms with Crippen molar-refractivity contribution in [2.75, 3.05) is 26.2 Å². The van der Waals surface area contributed by atoms with Crippen LogP contribution < -0.4 is 5.73 Å². The highest BCUT2D eigenvalue weighted by atomic mass is 32.2. The fraction of sp³-hybridized carbons (Fsp3) is 0.375. The lowest BCUT2D eigenvalue weighted by Gasteiger charge is -2.21. The first-order chi connectivity index (χ1) is 12.0. The molecule has 0 saturated carbocycles. The van der Waals surface area contributed by atoms with Gasteiger partial charge in [0.25, 0.3) is 10.0 Å². The minimum atomic E-state index is -3.95. The summed E-state index contributed by atoms with van der Waals surface area (Å²) >= 11 is 0. The maximum absolute atomic E-state index is 12.9. The van der Waals surface area contributed by atoms with Crippen LogP contribution in [0.2, 0.25) is 0 Å². The van der Waals surface area contributed by atoms with E-state index >= 15 is 0 Å². The Balaban J connectivity index is 2.24. The molecule has 8 nitrogen and oxygen atoms in total. The van der Waals surface area contributed by atoms with Crippen LogP contribution in [0.5, 0.6) is 0 Å². The molecule has 1 heterocycles. The second kappa shape index (κ2) is 8.75. The van der Waals surface area contributed by atoms with Gasteiger partial charge < -0.3 is 10.5 Å². The van der Waals surface area contributed by atoms with E-state index in [1.807, 2.05) is 30.3 Å². The maximum Gasteiger partial charge on any atom is 0.342 e. The molecular weight excluding hydrogens is 344 g/mol. The SMILES string of the molecule is CCOC(=O)c1cn[nH]c1S(=O)(=O)N(CCN)CCc1ccccc1. The summed E-state index contributed by atoms with van der Waals surface area (Å²) in [6.07, 6.45) is 1.69. The van der Waals surface area contributed by atoms with E-state index in [0.29, 0.717) is 6.42 Å². The molecule has 0 aliphatic carbocycles. The Bertz CT molecular complexity index is 789. The Kier molecular flexibility index (Phi) is 6.68. The van der Waals surface area contributed by atoms with Crippen LogP contribution in [0, 0.1) is 0 Å². The van der Waals surface area contributed by atoms with Gasteiger partial charge >= 0.3 is 5.97 Å². The molecule has 0 bridgehead atoms. The molecule has 3 N–H and O–H groups in total. The van der Waals surface area contributed by atoms with E-state index in [9.17, 15) is 13.2 Å². The van der Waals surface area contributed by atoms with Crippen LogP contribution >= 0.6 is 0 Å². The number of aromatic amines is 1. The van der Waals surface area contributed by atoms with Crippen LogP contribution in [-0.4, -0.2) is 55.1 Å². The van der Waals surface area contributed by atoms with Crippen LogP contribution in [0.25, 0.3) is 0 Å². The number of sulfonamides is 1. The lowest BCUT2D eigenvalue weighted by molar-refractivity contribution is 0.0521. The number of hydrogen-bond acceptors (Lipinski definition) is 6. The lowest BCUT2D eigenvalue weighted by Crippen LogP contribution is -2.37. The van der Waals surface area contributed by atoms with Crippen molar-refractivity contribution in [3.63, 3.8) is 0 Å². The molecule has 0 saturated heterocycles. The van der Waals surface area contributed by atoms with Crippen LogP contribution in [0.4, 0.5) is 0 Å². The second-order valence-corrected chi connectivity index (χ2v) is 7.14. The summed E-state index contributed by atoms with van der Waals surface area (Å²) in [5, 5.41) is 5.82. The highest BCUT2D eigenvalue weighted by molar-refractivity contribution is 7.89. The number of hydrogen-bond donors (Lipinski definition) is 2. The molecule has 0 atom stereocenters. The number of esters is 1. The van der Waals surface area contributed by atoms with Crippen LogP contribution in [0.3, 0.4) is 0 Å².